The number of ether oxygens (including phenoxy) is 1. The van der Waals surface area contributed by atoms with Crippen molar-refractivity contribution in [2.75, 3.05) is 6.61 Å². The summed E-state index contributed by atoms with van der Waals surface area (Å²) in [7, 11) is 0. The molecule has 160 valence electrons. The zero-order valence-corrected chi connectivity index (χ0v) is 18.0. The van der Waals surface area contributed by atoms with Gasteiger partial charge in [-0.25, -0.2) is 9.69 Å². The molecule has 0 aromatic heterocycles. The van der Waals surface area contributed by atoms with Crippen LogP contribution in [0.4, 0.5) is 4.79 Å². The second-order valence-corrected chi connectivity index (χ2v) is 7.90. The Hall–Kier alpha value is -2.99. The van der Waals surface area contributed by atoms with Crippen molar-refractivity contribution in [3.8, 4) is 0 Å². The van der Waals surface area contributed by atoms with Gasteiger partial charge in [0, 0.05) is 10.8 Å². The highest BCUT2D eigenvalue weighted by atomic mass is 35.5. The first-order chi connectivity index (χ1) is 15.0. The maximum atomic E-state index is 13.5. The maximum absolute atomic E-state index is 13.5. The monoisotopic (exact) mass is 458 g/mol. The third-order valence-corrected chi connectivity index (χ3v) is 5.85. The summed E-state index contributed by atoms with van der Waals surface area (Å²) >= 11 is 12.2. The number of halogens is 2. The number of rotatable bonds is 8. The van der Waals surface area contributed by atoms with Crippen molar-refractivity contribution in [2.24, 2.45) is 5.11 Å². The van der Waals surface area contributed by atoms with E-state index >= 15 is 0 Å². The largest absolute Gasteiger partial charge is 0.447 e. The van der Waals surface area contributed by atoms with Gasteiger partial charge in [-0.2, -0.15) is 0 Å². The van der Waals surface area contributed by atoms with Crippen molar-refractivity contribution < 1.29 is 14.3 Å². The van der Waals surface area contributed by atoms with E-state index in [1.807, 2.05) is 30.3 Å². The Morgan fingerprint density at radius 2 is 2.03 bits per heavy atom. The number of carbonyl (C=O) groups excluding carboxylic acids is 2. The molecular weight excluding hydrogens is 439 g/mol. The molecule has 0 radical (unpaired) electrons. The molecule has 1 heterocycles. The van der Waals surface area contributed by atoms with E-state index in [0.29, 0.717) is 28.5 Å². The lowest BCUT2D eigenvalue weighted by Crippen LogP contribution is -2.46. The van der Waals surface area contributed by atoms with Gasteiger partial charge in [0.15, 0.2) is 0 Å². The van der Waals surface area contributed by atoms with Gasteiger partial charge in [-0.15, -0.1) is 6.58 Å². The number of imide groups is 1. The molecule has 0 bridgehead atoms. The van der Waals surface area contributed by atoms with Crippen LogP contribution in [-0.4, -0.2) is 35.6 Å². The van der Waals surface area contributed by atoms with Crippen molar-refractivity contribution >= 4 is 35.2 Å². The molecule has 9 heteroatoms. The van der Waals surface area contributed by atoms with Gasteiger partial charge >= 0.3 is 6.09 Å². The quantitative estimate of drug-likeness (QED) is 0.212. The first kappa shape index (κ1) is 22.7. The van der Waals surface area contributed by atoms with Crippen molar-refractivity contribution in [3.63, 3.8) is 0 Å². The van der Waals surface area contributed by atoms with Gasteiger partial charge in [-0.3, -0.25) is 4.79 Å². The van der Waals surface area contributed by atoms with Gasteiger partial charge in [-0.1, -0.05) is 70.8 Å². The summed E-state index contributed by atoms with van der Waals surface area (Å²) in [5.41, 5.74) is 10.8. The lowest BCUT2D eigenvalue weighted by atomic mass is 9.87. The molecule has 3 rings (SSSR count). The Labute approximate surface area is 189 Å². The van der Waals surface area contributed by atoms with E-state index in [1.165, 1.54) is 0 Å². The molecular formula is C22H20Cl2N4O3. The first-order valence-corrected chi connectivity index (χ1v) is 10.4. The van der Waals surface area contributed by atoms with Crippen molar-refractivity contribution in [1.82, 2.24) is 4.90 Å². The second kappa shape index (κ2) is 10.4. The average molecular weight is 459 g/mol. The second-order valence-electron chi connectivity index (χ2n) is 7.08. The normalized spacial score (nSPS) is 17.4. The molecule has 0 aliphatic carbocycles. The van der Waals surface area contributed by atoms with Crippen LogP contribution in [0.1, 0.15) is 23.5 Å². The standard InChI is InChI=1S/C22H20Cl2N4O3/c1-2-6-17(15-9-10-18(23)19(24)12-15)20(26-27-25)21(29)28-16(13-31-22(28)30)11-14-7-4-3-5-8-14/h2-5,7-10,12,16-17,20H,1,6,11,13H2/t16-,17-,20-/m0/s1. The van der Waals surface area contributed by atoms with Crippen LogP contribution in [0.3, 0.4) is 0 Å². The molecule has 7 nitrogen and oxygen atoms in total. The van der Waals surface area contributed by atoms with Gasteiger partial charge in [-0.05, 0) is 41.6 Å². The Kier molecular flexibility index (Phi) is 7.58. The van der Waals surface area contributed by atoms with Crippen LogP contribution >= 0.6 is 23.2 Å². The first-order valence-electron chi connectivity index (χ1n) is 9.60. The number of hydrogen-bond acceptors (Lipinski definition) is 4. The summed E-state index contributed by atoms with van der Waals surface area (Å²) in [5.74, 6) is -1.21. The third-order valence-electron chi connectivity index (χ3n) is 5.12. The number of amides is 2. The average Bonchev–Trinajstić information content (AvgIpc) is 3.13. The van der Waals surface area contributed by atoms with Crippen molar-refractivity contribution in [1.29, 1.82) is 0 Å². The Bertz CT molecular complexity index is 1020. The summed E-state index contributed by atoms with van der Waals surface area (Å²) in [6.07, 6.45) is 1.61. The molecule has 0 saturated carbocycles. The van der Waals surface area contributed by atoms with Gasteiger partial charge in [0.1, 0.15) is 12.6 Å². The molecule has 1 aliphatic rings. The van der Waals surface area contributed by atoms with E-state index in [1.54, 1.807) is 24.3 Å². The summed E-state index contributed by atoms with van der Waals surface area (Å²) < 4.78 is 5.15. The predicted molar refractivity (Wildman–Crippen MR) is 119 cm³/mol. The molecule has 0 spiro atoms. The lowest BCUT2D eigenvalue weighted by Gasteiger charge is -2.27. The van der Waals surface area contributed by atoms with Crippen LogP contribution in [-0.2, 0) is 16.0 Å². The number of carbonyl (C=O) groups is 2. The van der Waals surface area contributed by atoms with Gasteiger partial charge < -0.3 is 4.74 Å². The maximum Gasteiger partial charge on any atom is 0.416 e. The van der Waals surface area contributed by atoms with Crippen LogP contribution in [0.5, 0.6) is 0 Å². The molecule has 2 aromatic carbocycles. The molecule has 1 fully saturated rings. The highest BCUT2D eigenvalue weighted by molar-refractivity contribution is 6.42. The zero-order chi connectivity index (χ0) is 22.4. The van der Waals surface area contributed by atoms with E-state index in [4.69, 9.17) is 33.5 Å². The molecule has 3 atom stereocenters. The number of azide groups is 1. The Morgan fingerprint density at radius 1 is 1.29 bits per heavy atom. The Balaban J connectivity index is 1.94. The minimum absolute atomic E-state index is 0.0708. The van der Waals surface area contributed by atoms with Crippen LogP contribution in [0.25, 0.3) is 10.4 Å². The molecule has 1 aliphatic heterocycles. The molecule has 1 saturated heterocycles. The number of cyclic esters (lactones) is 1. The molecule has 31 heavy (non-hydrogen) atoms. The minimum atomic E-state index is -1.19. The van der Waals surface area contributed by atoms with Crippen molar-refractivity contribution in [2.45, 2.75) is 30.8 Å². The van der Waals surface area contributed by atoms with Gasteiger partial charge in [0.25, 0.3) is 0 Å². The highest BCUT2D eigenvalue weighted by Crippen LogP contribution is 2.33. The van der Waals surface area contributed by atoms with E-state index in [2.05, 4.69) is 16.6 Å². The van der Waals surface area contributed by atoms with Crippen molar-refractivity contribution in [3.05, 3.63) is 92.8 Å². The highest BCUT2D eigenvalue weighted by Gasteiger charge is 2.43. The minimum Gasteiger partial charge on any atom is -0.447 e. The molecule has 2 aromatic rings. The fourth-order valence-corrected chi connectivity index (χ4v) is 3.94. The predicted octanol–water partition coefficient (Wildman–Crippen LogP) is 5.92. The fourth-order valence-electron chi connectivity index (χ4n) is 3.64. The van der Waals surface area contributed by atoms with Gasteiger partial charge in [0.05, 0.1) is 16.1 Å². The summed E-state index contributed by atoms with van der Waals surface area (Å²) in [6.45, 7) is 3.81. The summed E-state index contributed by atoms with van der Waals surface area (Å²) in [4.78, 5) is 29.8. The summed E-state index contributed by atoms with van der Waals surface area (Å²) in [5, 5.41) is 4.42. The van der Waals surface area contributed by atoms with Crippen LogP contribution < -0.4 is 0 Å². The lowest BCUT2D eigenvalue weighted by molar-refractivity contribution is -0.131. The molecule has 0 N–H and O–H groups in total. The number of hydrogen-bond donors (Lipinski definition) is 0. The van der Waals surface area contributed by atoms with Crippen LogP contribution in [0.15, 0.2) is 66.3 Å². The smallest absolute Gasteiger partial charge is 0.416 e. The Morgan fingerprint density at radius 3 is 2.68 bits per heavy atom. The van der Waals surface area contributed by atoms with Crippen LogP contribution in [0, 0.1) is 0 Å². The number of benzene rings is 2. The molecule has 2 amide bonds. The summed E-state index contributed by atoms with van der Waals surface area (Å²) in [6, 6.07) is 12.7. The fraction of sp³-hybridized carbons (Fsp3) is 0.273. The number of allylic oxidation sites excluding steroid dienone is 1. The zero-order valence-electron chi connectivity index (χ0n) is 16.5. The van der Waals surface area contributed by atoms with Crippen LogP contribution in [0.2, 0.25) is 10.0 Å². The van der Waals surface area contributed by atoms with E-state index in [9.17, 15) is 9.59 Å². The topological polar surface area (TPSA) is 95.4 Å². The van der Waals surface area contributed by atoms with E-state index in [0.717, 1.165) is 10.5 Å². The number of nitrogens with zero attached hydrogens (tertiary/aromatic N) is 4. The van der Waals surface area contributed by atoms with E-state index in [-0.39, 0.29) is 6.61 Å². The van der Waals surface area contributed by atoms with E-state index < -0.39 is 30.0 Å². The van der Waals surface area contributed by atoms with Gasteiger partial charge in [0.2, 0.25) is 5.91 Å². The SMILES string of the molecule is C=CC[C@@H](c1ccc(Cl)c(Cl)c1)[C@H](N=[N+]=[N-])C(=O)N1C(=O)OC[C@@H]1Cc1ccccc1. The molecule has 0 unspecified atom stereocenters. The third kappa shape index (κ3) is 5.20.